The molecule has 1 aromatic rings. The van der Waals surface area contributed by atoms with E-state index in [-0.39, 0.29) is 6.09 Å². The van der Waals surface area contributed by atoms with Gasteiger partial charge in [-0.2, -0.15) is 0 Å². The van der Waals surface area contributed by atoms with Gasteiger partial charge in [0.2, 0.25) is 0 Å². The Labute approximate surface area is 157 Å². The molecule has 1 saturated heterocycles. The van der Waals surface area contributed by atoms with Crippen molar-refractivity contribution in [2.75, 3.05) is 52.5 Å². The zero-order valence-electron chi connectivity index (χ0n) is 16.5. The molecule has 1 fully saturated rings. The lowest BCUT2D eigenvalue weighted by Gasteiger charge is -2.35. The summed E-state index contributed by atoms with van der Waals surface area (Å²) in [6.07, 6.45) is -0.221. The van der Waals surface area contributed by atoms with Gasteiger partial charge in [0.05, 0.1) is 13.2 Å². The van der Waals surface area contributed by atoms with E-state index in [4.69, 9.17) is 14.2 Å². The molecule has 1 heterocycles. The molecule has 0 aromatic heterocycles. The summed E-state index contributed by atoms with van der Waals surface area (Å²) in [5, 5.41) is 0. The fourth-order valence-electron chi connectivity index (χ4n) is 2.63. The summed E-state index contributed by atoms with van der Waals surface area (Å²) in [4.78, 5) is 16.1. The van der Waals surface area contributed by atoms with Gasteiger partial charge in [-0.05, 0) is 39.8 Å². The minimum absolute atomic E-state index is 0.221. The van der Waals surface area contributed by atoms with Crippen molar-refractivity contribution in [2.45, 2.75) is 33.3 Å². The molecule has 6 nitrogen and oxygen atoms in total. The number of piperazine rings is 1. The third-order valence-corrected chi connectivity index (χ3v) is 4.09. The Morgan fingerprint density at radius 1 is 1.00 bits per heavy atom. The Morgan fingerprint density at radius 2 is 1.65 bits per heavy atom. The molecule has 0 spiro atoms. The van der Waals surface area contributed by atoms with Crippen molar-refractivity contribution in [3.05, 3.63) is 29.8 Å². The van der Waals surface area contributed by atoms with Gasteiger partial charge in [-0.15, -0.1) is 0 Å². The first-order chi connectivity index (χ1) is 12.3. The summed E-state index contributed by atoms with van der Waals surface area (Å²) in [5.41, 5.74) is 0.781. The van der Waals surface area contributed by atoms with Crippen LogP contribution >= 0.6 is 0 Å². The third kappa shape index (κ3) is 7.62. The van der Waals surface area contributed by atoms with Crippen LogP contribution in [-0.4, -0.2) is 74.0 Å². The van der Waals surface area contributed by atoms with Crippen molar-refractivity contribution in [3.63, 3.8) is 0 Å². The zero-order chi connectivity index (χ0) is 19.0. The van der Waals surface area contributed by atoms with Crippen LogP contribution in [0.2, 0.25) is 0 Å². The van der Waals surface area contributed by atoms with Crippen LogP contribution < -0.4 is 4.74 Å². The second-order valence-corrected chi connectivity index (χ2v) is 7.58. The minimum atomic E-state index is -0.442. The molecule has 0 aliphatic carbocycles. The molecule has 0 unspecified atom stereocenters. The lowest BCUT2D eigenvalue weighted by Crippen LogP contribution is -2.50. The van der Waals surface area contributed by atoms with E-state index in [0.717, 1.165) is 25.4 Å². The average Bonchev–Trinajstić information content (AvgIpc) is 2.58. The van der Waals surface area contributed by atoms with Gasteiger partial charge in [0.1, 0.15) is 18.0 Å². The highest BCUT2D eigenvalue weighted by Gasteiger charge is 2.25. The fraction of sp³-hybridized carbons (Fsp3) is 0.650. The van der Waals surface area contributed by atoms with Crippen molar-refractivity contribution < 1.29 is 19.0 Å². The van der Waals surface area contributed by atoms with Gasteiger partial charge in [-0.3, -0.25) is 4.90 Å². The summed E-state index contributed by atoms with van der Waals surface area (Å²) in [7, 11) is 0. The molecular formula is C20H32N2O4. The van der Waals surface area contributed by atoms with E-state index in [1.165, 1.54) is 5.56 Å². The van der Waals surface area contributed by atoms with Crippen LogP contribution in [0.4, 0.5) is 4.79 Å². The number of carbonyl (C=O) groups excluding carboxylic acids is 1. The Hall–Kier alpha value is -1.79. The molecule has 146 valence electrons. The molecule has 1 aromatic carbocycles. The Bertz CT molecular complexity index is 546. The number of ether oxygens (including phenoxy) is 3. The summed E-state index contributed by atoms with van der Waals surface area (Å²) >= 11 is 0. The van der Waals surface area contributed by atoms with Gasteiger partial charge in [0, 0.05) is 32.7 Å². The van der Waals surface area contributed by atoms with Crippen LogP contribution in [0, 0.1) is 6.92 Å². The largest absolute Gasteiger partial charge is 0.491 e. The molecule has 1 amide bonds. The Kier molecular flexibility index (Phi) is 7.72. The maximum absolute atomic E-state index is 12.0. The highest BCUT2D eigenvalue weighted by Crippen LogP contribution is 2.12. The van der Waals surface area contributed by atoms with E-state index in [2.05, 4.69) is 11.8 Å². The first-order valence-corrected chi connectivity index (χ1v) is 9.31. The topological polar surface area (TPSA) is 51.2 Å². The van der Waals surface area contributed by atoms with Crippen LogP contribution in [0.3, 0.4) is 0 Å². The lowest BCUT2D eigenvalue weighted by atomic mass is 10.2. The van der Waals surface area contributed by atoms with Crippen molar-refractivity contribution in [3.8, 4) is 5.75 Å². The van der Waals surface area contributed by atoms with E-state index in [9.17, 15) is 4.79 Å². The zero-order valence-corrected chi connectivity index (χ0v) is 16.5. The van der Waals surface area contributed by atoms with Gasteiger partial charge in [-0.25, -0.2) is 4.79 Å². The molecule has 0 atom stereocenters. The maximum Gasteiger partial charge on any atom is 0.410 e. The molecule has 0 bridgehead atoms. The number of aryl methyl sites for hydroxylation is 1. The second kappa shape index (κ2) is 9.78. The van der Waals surface area contributed by atoms with Gasteiger partial charge in [0.25, 0.3) is 0 Å². The summed E-state index contributed by atoms with van der Waals surface area (Å²) < 4.78 is 16.7. The van der Waals surface area contributed by atoms with Gasteiger partial charge in [0.15, 0.2) is 0 Å². The third-order valence-electron chi connectivity index (χ3n) is 4.09. The quantitative estimate of drug-likeness (QED) is 0.696. The predicted molar refractivity (Wildman–Crippen MR) is 102 cm³/mol. The van der Waals surface area contributed by atoms with Crippen molar-refractivity contribution in [1.82, 2.24) is 9.80 Å². The number of rotatable bonds is 7. The van der Waals surface area contributed by atoms with Crippen LogP contribution in [0.25, 0.3) is 0 Å². The van der Waals surface area contributed by atoms with Crippen molar-refractivity contribution in [2.24, 2.45) is 0 Å². The number of benzene rings is 1. The standard InChI is InChI=1S/C20H32N2O4/c1-17-5-7-18(8-6-17)25-16-15-24-14-13-21-9-11-22(12-10-21)19(23)26-20(2,3)4/h5-8H,9-16H2,1-4H3. The number of nitrogens with zero attached hydrogens (tertiary/aromatic N) is 2. The minimum Gasteiger partial charge on any atom is -0.491 e. The summed E-state index contributed by atoms with van der Waals surface area (Å²) in [5.74, 6) is 0.873. The number of hydrogen-bond acceptors (Lipinski definition) is 5. The smallest absolute Gasteiger partial charge is 0.410 e. The molecular weight excluding hydrogens is 332 g/mol. The molecule has 26 heavy (non-hydrogen) atoms. The van der Waals surface area contributed by atoms with Gasteiger partial charge < -0.3 is 19.1 Å². The van der Waals surface area contributed by atoms with E-state index in [0.29, 0.717) is 32.9 Å². The molecule has 0 N–H and O–H groups in total. The molecule has 1 aliphatic heterocycles. The first kappa shape index (κ1) is 20.5. The molecule has 0 radical (unpaired) electrons. The van der Waals surface area contributed by atoms with Crippen LogP contribution in [-0.2, 0) is 9.47 Å². The van der Waals surface area contributed by atoms with Crippen molar-refractivity contribution >= 4 is 6.09 Å². The van der Waals surface area contributed by atoms with E-state index < -0.39 is 5.60 Å². The monoisotopic (exact) mass is 364 g/mol. The number of hydrogen-bond donors (Lipinski definition) is 0. The molecule has 1 aliphatic rings. The predicted octanol–water partition coefficient (Wildman–Crippen LogP) is 2.94. The van der Waals surface area contributed by atoms with E-state index >= 15 is 0 Å². The normalized spacial score (nSPS) is 15.8. The Morgan fingerprint density at radius 3 is 2.27 bits per heavy atom. The van der Waals surface area contributed by atoms with Crippen LogP contribution in [0.5, 0.6) is 5.75 Å². The Balaban J connectivity index is 1.52. The number of amides is 1. The van der Waals surface area contributed by atoms with Crippen LogP contribution in [0.1, 0.15) is 26.3 Å². The van der Waals surface area contributed by atoms with Crippen LogP contribution in [0.15, 0.2) is 24.3 Å². The second-order valence-electron chi connectivity index (χ2n) is 7.58. The van der Waals surface area contributed by atoms with Crippen molar-refractivity contribution in [1.29, 1.82) is 0 Å². The highest BCUT2D eigenvalue weighted by molar-refractivity contribution is 5.68. The summed E-state index contributed by atoms with van der Waals surface area (Å²) in [6, 6.07) is 8.01. The maximum atomic E-state index is 12.0. The molecule has 0 saturated carbocycles. The average molecular weight is 364 g/mol. The summed E-state index contributed by atoms with van der Waals surface area (Å²) in [6.45, 7) is 13.5. The fourth-order valence-corrected chi connectivity index (χ4v) is 2.63. The number of carbonyl (C=O) groups is 1. The SMILES string of the molecule is Cc1ccc(OCCOCCN2CCN(C(=O)OC(C)(C)C)CC2)cc1. The van der Waals surface area contributed by atoms with Gasteiger partial charge >= 0.3 is 6.09 Å². The van der Waals surface area contributed by atoms with Gasteiger partial charge in [-0.1, -0.05) is 17.7 Å². The highest BCUT2D eigenvalue weighted by atomic mass is 16.6. The van der Waals surface area contributed by atoms with E-state index in [1.54, 1.807) is 4.90 Å². The van der Waals surface area contributed by atoms with E-state index in [1.807, 2.05) is 45.0 Å². The first-order valence-electron chi connectivity index (χ1n) is 9.31. The molecule has 2 rings (SSSR count). The molecule has 6 heteroatoms. The lowest BCUT2D eigenvalue weighted by molar-refractivity contribution is 0.0108.